The van der Waals surface area contributed by atoms with Gasteiger partial charge < -0.3 is 15.4 Å². The van der Waals surface area contributed by atoms with Gasteiger partial charge in [-0.25, -0.2) is 0 Å². The van der Waals surface area contributed by atoms with Crippen LogP contribution in [-0.4, -0.2) is 37.4 Å². The second-order valence-corrected chi connectivity index (χ2v) is 7.05. The van der Waals surface area contributed by atoms with Gasteiger partial charge in [-0.3, -0.25) is 4.79 Å². The lowest BCUT2D eigenvalue weighted by atomic mass is 9.94. The highest BCUT2D eigenvalue weighted by Gasteiger charge is 2.18. The highest BCUT2D eigenvalue weighted by molar-refractivity contribution is 6.33. The minimum Gasteiger partial charge on any atom is -0.496 e. The summed E-state index contributed by atoms with van der Waals surface area (Å²) >= 11 is 6.03. The van der Waals surface area contributed by atoms with Crippen molar-refractivity contribution in [1.29, 1.82) is 0 Å². The standard InChI is InChI=1S/C19H29ClN2O2.ClH/c1-3-14-7-10-22(11-8-14)9-5-4-6-18(23)15-12-16(20)17(21)13-19(15)24-2;/h12-14H,3-11,21H2,1-2H3;1H. The van der Waals surface area contributed by atoms with Crippen molar-refractivity contribution in [3.8, 4) is 5.75 Å². The molecule has 0 radical (unpaired) electrons. The topological polar surface area (TPSA) is 55.6 Å². The number of ether oxygens (including phenoxy) is 1. The number of methoxy groups -OCH3 is 1. The second kappa shape index (κ2) is 10.9. The Morgan fingerprint density at radius 2 is 2.00 bits per heavy atom. The molecule has 1 aliphatic heterocycles. The molecule has 0 spiro atoms. The molecule has 4 nitrogen and oxygen atoms in total. The molecule has 1 saturated heterocycles. The van der Waals surface area contributed by atoms with E-state index in [0.29, 0.717) is 28.4 Å². The maximum atomic E-state index is 12.4. The first-order chi connectivity index (χ1) is 11.5. The van der Waals surface area contributed by atoms with Gasteiger partial charge in [0.05, 0.1) is 23.4 Å². The number of halogens is 2. The average Bonchev–Trinajstić information content (AvgIpc) is 2.61. The molecule has 0 bridgehead atoms. The number of unbranched alkanes of at least 4 members (excludes halogenated alkanes) is 1. The number of carbonyl (C=O) groups is 1. The summed E-state index contributed by atoms with van der Waals surface area (Å²) in [6, 6.07) is 3.24. The number of anilines is 1. The first kappa shape index (κ1) is 22.1. The predicted molar refractivity (Wildman–Crippen MR) is 107 cm³/mol. The van der Waals surface area contributed by atoms with E-state index in [1.807, 2.05) is 0 Å². The van der Waals surface area contributed by atoms with Gasteiger partial charge in [-0.1, -0.05) is 24.9 Å². The highest BCUT2D eigenvalue weighted by atomic mass is 35.5. The number of nitrogens with two attached hydrogens (primary N) is 1. The number of benzene rings is 1. The Bertz CT molecular complexity index is 559. The SMILES string of the molecule is CCC1CCN(CCCCC(=O)c2cc(Cl)c(N)cc2OC)CC1.Cl. The monoisotopic (exact) mass is 388 g/mol. The van der Waals surface area contributed by atoms with Crippen molar-refractivity contribution in [3.05, 3.63) is 22.7 Å². The third-order valence-corrected chi connectivity index (χ3v) is 5.36. The van der Waals surface area contributed by atoms with Crippen LogP contribution < -0.4 is 10.5 Å². The van der Waals surface area contributed by atoms with E-state index in [9.17, 15) is 4.79 Å². The summed E-state index contributed by atoms with van der Waals surface area (Å²) in [6.07, 6.45) is 6.38. The van der Waals surface area contributed by atoms with Crippen LogP contribution in [0.5, 0.6) is 5.75 Å². The summed E-state index contributed by atoms with van der Waals surface area (Å²) in [7, 11) is 1.54. The van der Waals surface area contributed by atoms with Crippen molar-refractivity contribution in [3.63, 3.8) is 0 Å². The summed E-state index contributed by atoms with van der Waals surface area (Å²) < 4.78 is 5.26. The summed E-state index contributed by atoms with van der Waals surface area (Å²) in [5.41, 5.74) is 6.72. The predicted octanol–water partition coefficient (Wildman–Crippen LogP) is 4.83. The van der Waals surface area contributed by atoms with Gasteiger partial charge in [-0.2, -0.15) is 0 Å². The Hall–Kier alpha value is -0.970. The Labute approximate surface area is 162 Å². The van der Waals surface area contributed by atoms with Crippen molar-refractivity contribution in [2.24, 2.45) is 5.92 Å². The zero-order chi connectivity index (χ0) is 17.5. The normalized spacial score (nSPS) is 15.6. The molecule has 1 aromatic carbocycles. The first-order valence-electron chi connectivity index (χ1n) is 8.93. The molecule has 1 fully saturated rings. The largest absolute Gasteiger partial charge is 0.496 e. The van der Waals surface area contributed by atoms with E-state index in [4.69, 9.17) is 22.1 Å². The number of hydrogen-bond acceptors (Lipinski definition) is 4. The summed E-state index contributed by atoms with van der Waals surface area (Å²) in [5.74, 6) is 1.48. The third kappa shape index (κ3) is 6.36. The minimum atomic E-state index is 0. The Morgan fingerprint density at radius 1 is 1.32 bits per heavy atom. The number of carbonyl (C=O) groups excluding carboxylic acids is 1. The van der Waals surface area contributed by atoms with Gasteiger partial charge in [0.2, 0.25) is 0 Å². The molecule has 0 aromatic heterocycles. The number of nitrogens with zero attached hydrogens (tertiary/aromatic N) is 1. The van der Waals surface area contributed by atoms with Gasteiger partial charge in [0.15, 0.2) is 5.78 Å². The van der Waals surface area contributed by atoms with Crippen LogP contribution in [-0.2, 0) is 0 Å². The molecule has 1 aliphatic rings. The fourth-order valence-electron chi connectivity index (χ4n) is 3.33. The molecule has 2 rings (SSSR count). The zero-order valence-corrected chi connectivity index (χ0v) is 16.8. The number of piperidine rings is 1. The van der Waals surface area contributed by atoms with Gasteiger partial charge in [0.1, 0.15) is 5.75 Å². The van der Waals surface area contributed by atoms with E-state index < -0.39 is 0 Å². The van der Waals surface area contributed by atoms with Gasteiger partial charge in [0, 0.05) is 12.5 Å². The van der Waals surface area contributed by atoms with Crippen LogP contribution in [0, 0.1) is 5.92 Å². The Morgan fingerprint density at radius 3 is 2.60 bits per heavy atom. The summed E-state index contributed by atoms with van der Waals surface area (Å²) in [5, 5.41) is 0.401. The Kier molecular flexibility index (Phi) is 9.62. The first-order valence-corrected chi connectivity index (χ1v) is 9.31. The minimum absolute atomic E-state index is 0. The van der Waals surface area contributed by atoms with Crippen molar-refractivity contribution < 1.29 is 9.53 Å². The molecule has 1 heterocycles. The van der Waals surface area contributed by atoms with Crippen molar-refractivity contribution in [1.82, 2.24) is 4.90 Å². The molecule has 0 aliphatic carbocycles. The zero-order valence-electron chi connectivity index (χ0n) is 15.2. The lowest BCUT2D eigenvalue weighted by Crippen LogP contribution is -2.34. The quantitative estimate of drug-likeness (QED) is 0.393. The molecule has 6 heteroatoms. The lowest BCUT2D eigenvalue weighted by Gasteiger charge is -2.31. The van der Waals surface area contributed by atoms with Crippen molar-refractivity contribution in [2.45, 2.75) is 45.4 Å². The number of hydrogen-bond donors (Lipinski definition) is 1. The van der Waals surface area contributed by atoms with Crippen LogP contribution in [0.15, 0.2) is 12.1 Å². The molecule has 2 N–H and O–H groups in total. The molecular formula is C19H30Cl2N2O2. The maximum absolute atomic E-state index is 12.4. The van der Waals surface area contributed by atoms with Crippen LogP contribution in [0.1, 0.15) is 55.8 Å². The molecule has 25 heavy (non-hydrogen) atoms. The number of Topliss-reactive ketones (excluding diaryl/α,β-unsaturated/α-hetero) is 1. The molecule has 0 amide bonds. The van der Waals surface area contributed by atoms with Gasteiger partial charge in [-0.15, -0.1) is 12.4 Å². The van der Waals surface area contributed by atoms with Crippen LogP contribution >= 0.6 is 24.0 Å². The second-order valence-electron chi connectivity index (χ2n) is 6.65. The Balaban J connectivity index is 0.00000312. The van der Waals surface area contributed by atoms with Gasteiger partial charge in [-0.05, 0) is 57.3 Å². The molecule has 0 saturated carbocycles. The van der Waals surface area contributed by atoms with E-state index in [-0.39, 0.29) is 18.2 Å². The molecular weight excluding hydrogens is 359 g/mol. The number of nitrogen functional groups attached to an aromatic ring is 1. The van der Waals surface area contributed by atoms with E-state index in [1.165, 1.54) is 32.4 Å². The number of ketones is 1. The third-order valence-electron chi connectivity index (χ3n) is 5.03. The van der Waals surface area contributed by atoms with Crippen LogP contribution in [0.2, 0.25) is 5.02 Å². The number of rotatable bonds is 8. The smallest absolute Gasteiger partial charge is 0.166 e. The molecule has 1 aromatic rings. The van der Waals surface area contributed by atoms with E-state index >= 15 is 0 Å². The van der Waals surface area contributed by atoms with Gasteiger partial charge >= 0.3 is 0 Å². The van der Waals surface area contributed by atoms with Crippen molar-refractivity contribution >= 4 is 35.5 Å². The van der Waals surface area contributed by atoms with Crippen LogP contribution in [0.25, 0.3) is 0 Å². The fourth-order valence-corrected chi connectivity index (χ4v) is 3.49. The fraction of sp³-hybridized carbons (Fsp3) is 0.632. The summed E-state index contributed by atoms with van der Waals surface area (Å²) in [4.78, 5) is 15.0. The molecule has 0 unspecified atom stereocenters. The highest BCUT2D eigenvalue weighted by Crippen LogP contribution is 2.30. The van der Waals surface area contributed by atoms with Crippen LogP contribution in [0.3, 0.4) is 0 Å². The van der Waals surface area contributed by atoms with E-state index in [2.05, 4.69) is 11.8 Å². The van der Waals surface area contributed by atoms with E-state index in [1.54, 1.807) is 19.2 Å². The maximum Gasteiger partial charge on any atom is 0.166 e. The van der Waals surface area contributed by atoms with E-state index in [0.717, 1.165) is 25.3 Å². The van der Waals surface area contributed by atoms with Crippen molar-refractivity contribution in [2.75, 3.05) is 32.5 Å². The average molecular weight is 389 g/mol. The number of likely N-dealkylation sites (tertiary alicyclic amines) is 1. The molecule has 0 atom stereocenters. The molecule has 142 valence electrons. The lowest BCUT2D eigenvalue weighted by molar-refractivity contribution is 0.0973. The van der Waals surface area contributed by atoms with Crippen LogP contribution in [0.4, 0.5) is 5.69 Å². The van der Waals surface area contributed by atoms with Gasteiger partial charge in [0.25, 0.3) is 0 Å². The summed E-state index contributed by atoms with van der Waals surface area (Å²) in [6.45, 7) is 5.77.